The third-order valence-electron chi connectivity index (χ3n) is 2.38. The molecule has 0 radical (unpaired) electrons. The van der Waals surface area contributed by atoms with E-state index in [4.69, 9.17) is 9.84 Å². The van der Waals surface area contributed by atoms with E-state index in [1.807, 2.05) is 12.1 Å². The normalized spacial score (nSPS) is 14.4. The van der Waals surface area contributed by atoms with Crippen LogP contribution in [-0.2, 0) is 12.8 Å². The maximum Gasteiger partial charge on any atom is 0.122 e. The molecule has 0 atom stereocenters. The van der Waals surface area contributed by atoms with E-state index < -0.39 is 0 Å². The van der Waals surface area contributed by atoms with E-state index in [-0.39, 0.29) is 6.61 Å². The molecule has 0 unspecified atom stereocenters. The van der Waals surface area contributed by atoms with Crippen LogP contribution in [-0.4, -0.2) is 18.3 Å². The van der Waals surface area contributed by atoms with Gasteiger partial charge in [0.05, 0.1) is 13.2 Å². The van der Waals surface area contributed by atoms with Gasteiger partial charge in [0, 0.05) is 6.42 Å². The van der Waals surface area contributed by atoms with Crippen molar-refractivity contribution >= 4 is 0 Å². The van der Waals surface area contributed by atoms with Crippen LogP contribution in [0.3, 0.4) is 0 Å². The lowest BCUT2D eigenvalue weighted by Gasteiger charge is -2.01. The molecule has 0 saturated carbocycles. The van der Waals surface area contributed by atoms with E-state index in [0.29, 0.717) is 0 Å². The number of aliphatic hydroxyl groups excluding tert-OH is 1. The quantitative estimate of drug-likeness (QED) is 0.735. The Morgan fingerprint density at radius 2 is 2.29 bits per heavy atom. The van der Waals surface area contributed by atoms with Crippen molar-refractivity contribution < 1.29 is 9.84 Å². The number of rotatable bonds is 3. The SMILES string of the molecule is OC/C=C/Cc1ccc2c(c1)CCO2. The van der Waals surface area contributed by atoms with Crippen molar-refractivity contribution in [2.45, 2.75) is 12.8 Å². The van der Waals surface area contributed by atoms with Gasteiger partial charge in [0.2, 0.25) is 0 Å². The zero-order valence-electron chi connectivity index (χ0n) is 8.07. The molecule has 0 aromatic heterocycles. The Bertz CT molecular complexity index is 342. The first-order chi connectivity index (χ1) is 6.90. The summed E-state index contributed by atoms with van der Waals surface area (Å²) in [7, 11) is 0. The van der Waals surface area contributed by atoms with E-state index in [2.05, 4.69) is 12.1 Å². The van der Waals surface area contributed by atoms with E-state index >= 15 is 0 Å². The summed E-state index contributed by atoms with van der Waals surface area (Å²) in [5.41, 5.74) is 2.58. The van der Waals surface area contributed by atoms with Crippen LogP contribution < -0.4 is 4.74 Å². The van der Waals surface area contributed by atoms with Crippen LogP contribution in [0.25, 0.3) is 0 Å². The number of ether oxygens (including phenoxy) is 1. The predicted molar refractivity (Wildman–Crippen MR) is 55.6 cm³/mol. The van der Waals surface area contributed by atoms with Crippen LogP contribution in [0.4, 0.5) is 0 Å². The standard InChI is InChI=1S/C12H14O2/c13-7-2-1-3-10-4-5-12-11(9-10)6-8-14-12/h1-2,4-5,9,13H,3,6-8H2/b2-1+. The lowest BCUT2D eigenvalue weighted by atomic mass is 10.1. The van der Waals surface area contributed by atoms with Gasteiger partial charge in [-0.2, -0.15) is 0 Å². The predicted octanol–water partition coefficient (Wildman–Crippen LogP) is 1.71. The Kier molecular flexibility index (Phi) is 2.84. The van der Waals surface area contributed by atoms with E-state index in [0.717, 1.165) is 25.2 Å². The third-order valence-corrected chi connectivity index (χ3v) is 2.38. The molecule has 1 N–H and O–H groups in total. The largest absolute Gasteiger partial charge is 0.493 e. The summed E-state index contributed by atoms with van der Waals surface area (Å²) >= 11 is 0. The van der Waals surface area contributed by atoms with Gasteiger partial charge in [-0.25, -0.2) is 0 Å². The van der Waals surface area contributed by atoms with Crippen molar-refractivity contribution in [2.75, 3.05) is 13.2 Å². The molecule has 1 aliphatic heterocycles. The highest BCUT2D eigenvalue weighted by molar-refractivity contribution is 5.40. The molecule has 1 aromatic rings. The fourth-order valence-electron chi connectivity index (χ4n) is 1.66. The molecule has 0 amide bonds. The average Bonchev–Trinajstić information content (AvgIpc) is 2.65. The molecule has 1 aromatic carbocycles. The van der Waals surface area contributed by atoms with Gasteiger partial charge in [0.15, 0.2) is 0 Å². The van der Waals surface area contributed by atoms with Crippen molar-refractivity contribution in [1.82, 2.24) is 0 Å². The number of hydrogen-bond acceptors (Lipinski definition) is 2. The van der Waals surface area contributed by atoms with Crippen molar-refractivity contribution in [2.24, 2.45) is 0 Å². The number of allylic oxidation sites excluding steroid dienone is 1. The summed E-state index contributed by atoms with van der Waals surface area (Å²) in [6, 6.07) is 6.29. The van der Waals surface area contributed by atoms with E-state index in [9.17, 15) is 0 Å². The molecule has 0 bridgehead atoms. The average molecular weight is 190 g/mol. The first-order valence-electron chi connectivity index (χ1n) is 4.90. The Labute approximate surface area is 83.8 Å². The van der Waals surface area contributed by atoms with Crippen LogP contribution in [0.5, 0.6) is 5.75 Å². The zero-order chi connectivity index (χ0) is 9.80. The van der Waals surface area contributed by atoms with Gasteiger partial charge >= 0.3 is 0 Å². The van der Waals surface area contributed by atoms with Gasteiger partial charge in [-0.15, -0.1) is 0 Å². The highest BCUT2D eigenvalue weighted by Crippen LogP contribution is 2.25. The summed E-state index contributed by atoms with van der Waals surface area (Å²) in [6.07, 6.45) is 5.65. The van der Waals surface area contributed by atoms with Gasteiger partial charge in [-0.05, 0) is 23.6 Å². The molecule has 0 aliphatic carbocycles. The fourth-order valence-corrected chi connectivity index (χ4v) is 1.66. The smallest absolute Gasteiger partial charge is 0.122 e. The van der Waals surface area contributed by atoms with Crippen LogP contribution >= 0.6 is 0 Å². The molecule has 0 saturated heterocycles. The molecule has 0 spiro atoms. The molecule has 1 heterocycles. The lowest BCUT2D eigenvalue weighted by Crippen LogP contribution is -1.85. The summed E-state index contributed by atoms with van der Waals surface area (Å²) in [5.74, 6) is 1.03. The van der Waals surface area contributed by atoms with E-state index in [1.165, 1.54) is 11.1 Å². The third kappa shape index (κ3) is 1.96. The minimum Gasteiger partial charge on any atom is -0.493 e. The summed E-state index contributed by atoms with van der Waals surface area (Å²) in [6.45, 7) is 0.930. The number of aliphatic hydroxyl groups is 1. The summed E-state index contributed by atoms with van der Waals surface area (Å²) in [4.78, 5) is 0. The summed E-state index contributed by atoms with van der Waals surface area (Å²) in [5, 5.41) is 8.59. The van der Waals surface area contributed by atoms with Crippen molar-refractivity contribution in [3.05, 3.63) is 41.5 Å². The highest BCUT2D eigenvalue weighted by Gasteiger charge is 2.10. The van der Waals surface area contributed by atoms with Gasteiger partial charge in [0.25, 0.3) is 0 Å². The molecular weight excluding hydrogens is 176 g/mol. The number of fused-ring (bicyclic) bond motifs is 1. The second-order valence-electron chi connectivity index (χ2n) is 3.40. The van der Waals surface area contributed by atoms with E-state index in [1.54, 1.807) is 6.08 Å². The number of hydrogen-bond donors (Lipinski definition) is 1. The fraction of sp³-hybridized carbons (Fsp3) is 0.333. The maximum atomic E-state index is 8.59. The monoisotopic (exact) mass is 190 g/mol. The molecule has 0 fully saturated rings. The Balaban J connectivity index is 2.09. The van der Waals surface area contributed by atoms with Crippen LogP contribution in [0.2, 0.25) is 0 Å². The first-order valence-corrected chi connectivity index (χ1v) is 4.90. The molecule has 14 heavy (non-hydrogen) atoms. The molecule has 74 valence electrons. The number of benzene rings is 1. The lowest BCUT2D eigenvalue weighted by molar-refractivity contribution is 0.342. The van der Waals surface area contributed by atoms with Gasteiger partial charge < -0.3 is 9.84 Å². The van der Waals surface area contributed by atoms with Crippen LogP contribution in [0, 0.1) is 0 Å². The van der Waals surface area contributed by atoms with Gasteiger partial charge in [-0.3, -0.25) is 0 Å². The van der Waals surface area contributed by atoms with Gasteiger partial charge in [-0.1, -0.05) is 24.3 Å². The second-order valence-corrected chi connectivity index (χ2v) is 3.40. The van der Waals surface area contributed by atoms with Crippen molar-refractivity contribution in [3.8, 4) is 5.75 Å². The van der Waals surface area contributed by atoms with Gasteiger partial charge in [0.1, 0.15) is 5.75 Å². The Hall–Kier alpha value is -1.28. The van der Waals surface area contributed by atoms with Crippen molar-refractivity contribution in [3.63, 3.8) is 0 Å². The molecule has 1 aliphatic rings. The minimum atomic E-state index is 0.119. The topological polar surface area (TPSA) is 29.5 Å². The zero-order valence-corrected chi connectivity index (χ0v) is 8.07. The Morgan fingerprint density at radius 1 is 1.36 bits per heavy atom. The molecule has 2 nitrogen and oxygen atoms in total. The molecular formula is C12H14O2. The van der Waals surface area contributed by atoms with Crippen LogP contribution in [0.1, 0.15) is 11.1 Å². The highest BCUT2D eigenvalue weighted by atomic mass is 16.5. The molecule has 2 rings (SSSR count). The Morgan fingerprint density at radius 3 is 3.14 bits per heavy atom. The molecule has 2 heteroatoms. The minimum absolute atomic E-state index is 0.119. The summed E-state index contributed by atoms with van der Waals surface area (Å²) < 4.78 is 5.42. The van der Waals surface area contributed by atoms with Crippen LogP contribution in [0.15, 0.2) is 30.4 Å². The maximum absolute atomic E-state index is 8.59. The second kappa shape index (κ2) is 4.29. The first kappa shape index (κ1) is 9.28. The van der Waals surface area contributed by atoms with Crippen molar-refractivity contribution in [1.29, 1.82) is 0 Å².